The van der Waals surface area contributed by atoms with Crippen molar-refractivity contribution in [2.45, 2.75) is 6.42 Å². The molecule has 0 fully saturated rings. The first-order chi connectivity index (χ1) is 10.1. The number of hydrogen-bond acceptors (Lipinski definition) is 1. The lowest BCUT2D eigenvalue weighted by Crippen LogP contribution is -2.03. The largest absolute Gasteiger partial charge is 0.294 e. The van der Waals surface area contributed by atoms with E-state index in [-0.39, 0.29) is 18.0 Å². The minimum Gasteiger partial charge on any atom is -0.294 e. The number of hydrogen-bond donors (Lipinski definition) is 0. The van der Waals surface area contributed by atoms with Crippen LogP contribution in [0.3, 0.4) is 0 Å². The molecule has 21 heavy (non-hydrogen) atoms. The van der Waals surface area contributed by atoms with Gasteiger partial charge in [0.2, 0.25) is 0 Å². The Morgan fingerprint density at radius 1 is 0.952 bits per heavy atom. The highest BCUT2D eigenvalue weighted by Gasteiger charge is 2.08. The van der Waals surface area contributed by atoms with Gasteiger partial charge in [-0.1, -0.05) is 46.3 Å². The van der Waals surface area contributed by atoms with E-state index in [1.807, 2.05) is 36.4 Å². The van der Waals surface area contributed by atoms with Crippen LogP contribution in [0.1, 0.15) is 15.9 Å². The number of fused-ring (bicyclic) bond motifs is 1. The molecule has 0 bridgehead atoms. The van der Waals surface area contributed by atoms with Gasteiger partial charge in [-0.2, -0.15) is 0 Å². The Balaban J connectivity index is 1.89. The second kappa shape index (κ2) is 5.78. The van der Waals surface area contributed by atoms with Crippen molar-refractivity contribution in [3.05, 3.63) is 82.1 Å². The van der Waals surface area contributed by atoms with E-state index in [2.05, 4.69) is 15.9 Å². The first-order valence-corrected chi connectivity index (χ1v) is 7.38. The maximum atomic E-state index is 13.2. The van der Waals surface area contributed by atoms with Crippen LogP contribution in [-0.4, -0.2) is 5.78 Å². The highest BCUT2D eigenvalue weighted by molar-refractivity contribution is 9.10. The van der Waals surface area contributed by atoms with Crippen molar-refractivity contribution in [2.24, 2.45) is 0 Å². The number of benzene rings is 3. The Bertz CT molecular complexity index is 826. The number of carbonyl (C=O) groups excluding carboxylic acids is 1. The van der Waals surface area contributed by atoms with Crippen LogP contribution in [-0.2, 0) is 6.42 Å². The molecule has 0 atom stereocenters. The third-order valence-corrected chi connectivity index (χ3v) is 3.87. The van der Waals surface area contributed by atoms with Gasteiger partial charge in [0.15, 0.2) is 5.78 Å². The van der Waals surface area contributed by atoms with Crippen molar-refractivity contribution < 1.29 is 9.18 Å². The van der Waals surface area contributed by atoms with Gasteiger partial charge in [-0.05, 0) is 46.7 Å². The first kappa shape index (κ1) is 14.0. The highest BCUT2D eigenvalue weighted by Crippen LogP contribution is 2.21. The molecule has 3 aromatic rings. The molecule has 104 valence electrons. The van der Waals surface area contributed by atoms with E-state index in [1.165, 1.54) is 12.1 Å². The van der Waals surface area contributed by atoms with Gasteiger partial charge in [-0.15, -0.1) is 0 Å². The lowest BCUT2D eigenvalue weighted by atomic mass is 10.00. The molecule has 0 aliphatic rings. The van der Waals surface area contributed by atoms with Crippen molar-refractivity contribution in [3.8, 4) is 0 Å². The van der Waals surface area contributed by atoms with E-state index >= 15 is 0 Å². The highest BCUT2D eigenvalue weighted by atomic mass is 79.9. The van der Waals surface area contributed by atoms with E-state index in [0.717, 1.165) is 15.2 Å². The fourth-order valence-electron chi connectivity index (χ4n) is 2.32. The SMILES string of the molecule is O=C(Cc1cccc(F)c1)c1ccc2cc(Br)ccc2c1. The lowest BCUT2D eigenvalue weighted by molar-refractivity contribution is 0.0993. The van der Waals surface area contributed by atoms with E-state index in [0.29, 0.717) is 11.1 Å². The van der Waals surface area contributed by atoms with Gasteiger partial charge in [0.1, 0.15) is 5.82 Å². The molecule has 0 aliphatic carbocycles. The summed E-state index contributed by atoms with van der Waals surface area (Å²) in [7, 11) is 0. The lowest BCUT2D eigenvalue weighted by Gasteiger charge is -2.04. The molecule has 3 rings (SSSR count). The molecule has 0 saturated heterocycles. The van der Waals surface area contributed by atoms with Gasteiger partial charge in [0.25, 0.3) is 0 Å². The molecule has 0 saturated carbocycles. The Kier molecular flexibility index (Phi) is 3.84. The Morgan fingerprint density at radius 2 is 1.71 bits per heavy atom. The van der Waals surface area contributed by atoms with Crippen molar-refractivity contribution in [3.63, 3.8) is 0 Å². The quantitative estimate of drug-likeness (QED) is 0.600. The maximum Gasteiger partial charge on any atom is 0.167 e. The van der Waals surface area contributed by atoms with Crippen LogP contribution in [0.4, 0.5) is 4.39 Å². The van der Waals surface area contributed by atoms with Crippen LogP contribution in [0, 0.1) is 5.82 Å². The van der Waals surface area contributed by atoms with Crippen LogP contribution in [0.15, 0.2) is 65.1 Å². The first-order valence-electron chi connectivity index (χ1n) is 6.59. The van der Waals surface area contributed by atoms with E-state index in [4.69, 9.17) is 0 Å². The van der Waals surface area contributed by atoms with Crippen molar-refractivity contribution >= 4 is 32.5 Å². The molecule has 0 radical (unpaired) electrons. The van der Waals surface area contributed by atoms with Crippen molar-refractivity contribution in [2.75, 3.05) is 0 Å². The Morgan fingerprint density at radius 3 is 2.52 bits per heavy atom. The summed E-state index contributed by atoms with van der Waals surface area (Å²) < 4.78 is 14.2. The van der Waals surface area contributed by atoms with Gasteiger partial charge in [0.05, 0.1) is 0 Å². The number of ketones is 1. The van der Waals surface area contributed by atoms with Crippen LogP contribution in [0.2, 0.25) is 0 Å². The van der Waals surface area contributed by atoms with E-state index in [9.17, 15) is 9.18 Å². The fraction of sp³-hybridized carbons (Fsp3) is 0.0556. The summed E-state index contributed by atoms with van der Waals surface area (Å²) in [6.07, 6.45) is 0.208. The van der Waals surface area contributed by atoms with Gasteiger partial charge in [-0.3, -0.25) is 4.79 Å². The monoisotopic (exact) mass is 342 g/mol. The molecule has 0 amide bonds. The zero-order chi connectivity index (χ0) is 14.8. The summed E-state index contributed by atoms with van der Waals surface area (Å²) in [5.41, 5.74) is 1.34. The third kappa shape index (κ3) is 3.19. The normalized spacial score (nSPS) is 10.8. The number of halogens is 2. The third-order valence-electron chi connectivity index (χ3n) is 3.38. The predicted octanol–water partition coefficient (Wildman–Crippen LogP) is 5.17. The average Bonchev–Trinajstić information content (AvgIpc) is 2.46. The summed E-state index contributed by atoms with van der Waals surface area (Å²) in [4.78, 5) is 12.3. The number of Topliss-reactive ketones (excluding diaryl/α,β-unsaturated/α-hetero) is 1. The molecule has 3 aromatic carbocycles. The summed E-state index contributed by atoms with van der Waals surface area (Å²) >= 11 is 3.43. The van der Waals surface area contributed by atoms with E-state index in [1.54, 1.807) is 12.1 Å². The smallest absolute Gasteiger partial charge is 0.167 e. The maximum absolute atomic E-state index is 13.2. The second-order valence-corrected chi connectivity index (χ2v) is 5.85. The number of carbonyl (C=O) groups is 1. The van der Waals surface area contributed by atoms with Crippen molar-refractivity contribution in [1.82, 2.24) is 0 Å². The zero-order valence-electron chi connectivity index (χ0n) is 11.1. The second-order valence-electron chi connectivity index (χ2n) is 4.94. The molecule has 1 nitrogen and oxygen atoms in total. The summed E-state index contributed by atoms with van der Waals surface area (Å²) in [5.74, 6) is -0.325. The Labute approximate surface area is 130 Å². The van der Waals surface area contributed by atoms with Crippen LogP contribution < -0.4 is 0 Å². The molecule has 0 aliphatic heterocycles. The summed E-state index contributed by atoms with van der Waals surface area (Å²) in [5, 5.41) is 2.09. The standard InChI is InChI=1S/C18H12BrFO/c19-16-7-6-13-10-15(5-4-14(13)11-16)18(21)9-12-2-1-3-17(20)8-12/h1-8,10-11H,9H2. The predicted molar refractivity (Wildman–Crippen MR) is 86.1 cm³/mol. The minimum absolute atomic E-state index is 0.00887. The summed E-state index contributed by atoms with van der Waals surface area (Å²) in [6, 6.07) is 17.7. The van der Waals surface area contributed by atoms with Gasteiger partial charge in [-0.25, -0.2) is 4.39 Å². The summed E-state index contributed by atoms with van der Waals surface area (Å²) in [6.45, 7) is 0. The molecule has 0 aromatic heterocycles. The van der Waals surface area contributed by atoms with Crippen LogP contribution in [0.25, 0.3) is 10.8 Å². The molecule has 0 spiro atoms. The van der Waals surface area contributed by atoms with E-state index < -0.39 is 0 Å². The zero-order valence-corrected chi connectivity index (χ0v) is 12.7. The number of rotatable bonds is 3. The van der Waals surface area contributed by atoms with Crippen molar-refractivity contribution in [1.29, 1.82) is 0 Å². The average molecular weight is 343 g/mol. The Hall–Kier alpha value is -2.00. The topological polar surface area (TPSA) is 17.1 Å². The molecular formula is C18H12BrFO. The molecule has 0 heterocycles. The van der Waals surface area contributed by atoms with Gasteiger partial charge >= 0.3 is 0 Å². The van der Waals surface area contributed by atoms with Crippen LogP contribution >= 0.6 is 15.9 Å². The van der Waals surface area contributed by atoms with Gasteiger partial charge in [0, 0.05) is 16.5 Å². The molecule has 0 N–H and O–H groups in total. The molecule has 3 heteroatoms. The fourth-order valence-corrected chi connectivity index (χ4v) is 2.70. The van der Waals surface area contributed by atoms with Crippen LogP contribution in [0.5, 0.6) is 0 Å². The molecule has 0 unspecified atom stereocenters. The minimum atomic E-state index is -0.316. The molecular weight excluding hydrogens is 331 g/mol. The van der Waals surface area contributed by atoms with Gasteiger partial charge < -0.3 is 0 Å².